The summed E-state index contributed by atoms with van der Waals surface area (Å²) in [5.41, 5.74) is 0. The summed E-state index contributed by atoms with van der Waals surface area (Å²) >= 11 is 0. The van der Waals surface area contributed by atoms with Crippen molar-refractivity contribution in [3.63, 3.8) is 0 Å². The van der Waals surface area contributed by atoms with E-state index < -0.39 is 12.0 Å². The Morgan fingerprint density at radius 3 is 2.50 bits per heavy atom. The van der Waals surface area contributed by atoms with Crippen LogP contribution in [0.15, 0.2) is 0 Å². The molecule has 20 heavy (non-hydrogen) atoms. The molecule has 2 amide bonds. The number of likely N-dealkylation sites (tertiary alicyclic amines) is 1. The molecule has 0 aromatic heterocycles. The van der Waals surface area contributed by atoms with Gasteiger partial charge in [0.1, 0.15) is 6.04 Å². The number of carboxylic acid groups (broad SMARTS) is 1. The number of aliphatic carboxylic acids is 1. The molecule has 0 saturated carbocycles. The molecule has 1 unspecified atom stereocenters. The third-order valence-electron chi connectivity index (χ3n) is 4.86. The van der Waals surface area contributed by atoms with Crippen LogP contribution < -0.4 is 0 Å². The van der Waals surface area contributed by atoms with Crippen molar-refractivity contribution in [2.24, 2.45) is 0 Å². The third kappa shape index (κ3) is 2.49. The highest BCUT2D eigenvalue weighted by molar-refractivity contribution is 5.83. The molecule has 3 aliphatic heterocycles. The minimum Gasteiger partial charge on any atom is -0.480 e. The van der Waals surface area contributed by atoms with Crippen molar-refractivity contribution in [1.29, 1.82) is 0 Å². The molecular formula is C14H23N3O3. The number of rotatable bonds is 1. The highest BCUT2D eigenvalue weighted by atomic mass is 16.4. The number of carbonyl (C=O) groups is 2. The van der Waals surface area contributed by atoms with Gasteiger partial charge in [0.15, 0.2) is 0 Å². The van der Waals surface area contributed by atoms with Gasteiger partial charge in [-0.05, 0) is 38.6 Å². The molecule has 3 aliphatic rings. The van der Waals surface area contributed by atoms with Gasteiger partial charge in [-0.2, -0.15) is 0 Å². The third-order valence-corrected chi connectivity index (χ3v) is 4.86. The molecule has 6 heteroatoms. The second-order valence-electron chi connectivity index (χ2n) is 6.10. The van der Waals surface area contributed by atoms with Crippen LogP contribution in [0, 0.1) is 0 Å². The zero-order chi connectivity index (χ0) is 14.1. The van der Waals surface area contributed by atoms with E-state index in [1.54, 1.807) is 4.90 Å². The lowest BCUT2D eigenvalue weighted by atomic mass is 10.2. The first-order valence-corrected chi connectivity index (χ1v) is 7.69. The number of hydrogen-bond acceptors (Lipinski definition) is 3. The standard InChI is InChI=1S/C14H23N3O3/c18-13(19)12-5-2-9-17(12)14(20)16-8-3-7-15-6-1-4-11(15)10-16/h11-12H,1-10H2,(H,18,19)/t11?,12-/m0/s1. The Bertz CT molecular complexity index is 401. The molecule has 1 N–H and O–H groups in total. The lowest BCUT2D eigenvalue weighted by Crippen LogP contribution is -2.50. The first-order valence-electron chi connectivity index (χ1n) is 7.69. The molecule has 6 nitrogen and oxygen atoms in total. The lowest BCUT2D eigenvalue weighted by Gasteiger charge is -2.31. The molecule has 0 aliphatic carbocycles. The molecular weight excluding hydrogens is 258 g/mol. The first kappa shape index (κ1) is 13.7. The predicted octanol–water partition coefficient (Wildman–Crippen LogP) is 0.826. The van der Waals surface area contributed by atoms with Crippen molar-refractivity contribution in [3.05, 3.63) is 0 Å². The molecule has 112 valence electrons. The van der Waals surface area contributed by atoms with Crippen LogP contribution in [0.4, 0.5) is 4.79 Å². The highest BCUT2D eigenvalue weighted by Gasteiger charge is 2.38. The van der Waals surface area contributed by atoms with Crippen molar-refractivity contribution in [1.82, 2.24) is 14.7 Å². The van der Waals surface area contributed by atoms with Gasteiger partial charge in [0.25, 0.3) is 0 Å². The quantitative estimate of drug-likeness (QED) is 0.773. The number of nitrogens with zero attached hydrogens (tertiary/aromatic N) is 3. The van der Waals surface area contributed by atoms with Gasteiger partial charge < -0.3 is 14.9 Å². The van der Waals surface area contributed by atoms with Crippen LogP contribution in [0.2, 0.25) is 0 Å². The average molecular weight is 281 g/mol. The lowest BCUT2D eigenvalue weighted by molar-refractivity contribution is -0.141. The van der Waals surface area contributed by atoms with Gasteiger partial charge in [-0.25, -0.2) is 9.59 Å². The first-order chi connectivity index (χ1) is 9.66. The zero-order valence-electron chi connectivity index (χ0n) is 11.8. The van der Waals surface area contributed by atoms with E-state index in [1.807, 2.05) is 4.90 Å². The van der Waals surface area contributed by atoms with E-state index in [1.165, 1.54) is 6.42 Å². The SMILES string of the molecule is O=C(O)[C@@H]1CCCN1C(=O)N1CCCN2CCCC2C1. The van der Waals surface area contributed by atoms with Gasteiger partial charge in [-0.15, -0.1) is 0 Å². The Balaban J connectivity index is 1.68. The van der Waals surface area contributed by atoms with Crippen LogP contribution in [0.1, 0.15) is 32.1 Å². The number of amides is 2. The molecule has 0 aromatic rings. The molecule has 3 rings (SSSR count). The smallest absolute Gasteiger partial charge is 0.326 e. The van der Waals surface area contributed by atoms with Crippen LogP contribution in [0.3, 0.4) is 0 Å². The van der Waals surface area contributed by atoms with E-state index in [0.717, 1.165) is 45.4 Å². The topological polar surface area (TPSA) is 64.1 Å². The van der Waals surface area contributed by atoms with Crippen molar-refractivity contribution >= 4 is 12.0 Å². The molecule has 2 atom stereocenters. The van der Waals surface area contributed by atoms with Crippen LogP contribution in [0.5, 0.6) is 0 Å². The van der Waals surface area contributed by atoms with Crippen LogP contribution in [-0.4, -0.2) is 76.6 Å². The highest BCUT2D eigenvalue weighted by Crippen LogP contribution is 2.24. The molecule has 0 aromatic carbocycles. The van der Waals surface area contributed by atoms with E-state index in [4.69, 9.17) is 0 Å². The largest absolute Gasteiger partial charge is 0.480 e. The second-order valence-corrected chi connectivity index (χ2v) is 6.10. The molecule has 3 saturated heterocycles. The molecule has 3 fully saturated rings. The van der Waals surface area contributed by atoms with E-state index in [2.05, 4.69) is 4.90 Å². The second kappa shape index (κ2) is 5.60. The van der Waals surface area contributed by atoms with E-state index >= 15 is 0 Å². The maximum Gasteiger partial charge on any atom is 0.326 e. The number of carbonyl (C=O) groups excluding carboxylic acids is 1. The summed E-state index contributed by atoms with van der Waals surface area (Å²) in [7, 11) is 0. The zero-order valence-corrected chi connectivity index (χ0v) is 11.8. The number of carboxylic acids is 1. The minimum absolute atomic E-state index is 0.0661. The van der Waals surface area contributed by atoms with Gasteiger partial charge in [-0.1, -0.05) is 0 Å². The molecule has 3 heterocycles. The summed E-state index contributed by atoms with van der Waals surface area (Å²) in [5, 5.41) is 9.22. The summed E-state index contributed by atoms with van der Waals surface area (Å²) in [6, 6.07) is -0.207. The Hall–Kier alpha value is -1.30. The van der Waals surface area contributed by atoms with Crippen LogP contribution in [0.25, 0.3) is 0 Å². The summed E-state index contributed by atoms with van der Waals surface area (Å²) in [6.07, 6.45) is 4.75. The van der Waals surface area contributed by atoms with Crippen LogP contribution >= 0.6 is 0 Å². The summed E-state index contributed by atoms with van der Waals surface area (Å²) in [4.78, 5) is 29.8. The molecule has 0 bridgehead atoms. The van der Waals surface area contributed by atoms with E-state index in [9.17, 15) is 14.7 Å². The fourth-order valence-corrected chi connectivity index (χ4v) is 3.81. The Morgan fingerprint density at radius 2 is 1.70 bits per heavy atom. The predicted molar refractivity (Wildman–Crippen MR) is 73.5 cm³/mol. The number of hydrogen-bond donors (Lipinski definition) is 1. The van der Waals surface area contributed by atoms with Gasteiger partial charge in [0, 0.05) is 32.2 Å². The summed E-state index contributed by atoms with van der Waals surface area (Å²) in [5.74, 6) is -0.867. The maximum absolute atomic E-state index is 12.6. The van der Waals surface area contributed by atoms with Gasteiger partial charge in [0.05, 0.1) is 0 Å². The molecule has 0 spiro atoms. The fraction of sp³-hybridized carbons (Fsp3) is 0.857. The maximum atomic E-state index is 12.6. The van der Waals surface area contributed by atoms with E-state index in [-0.39, 0.29) is 6.03 Å². The van der Waals surface area contributed by atoms with Crippen molar-refractivity contribution in [2.45, 2.75) is 44.2 Å². The monoisotopic (exact) mass is 281 g/mol. The Labute approximate surface area is 119 Å². The van der Waals surface area contributed by atoms with Gasteiger partial charge in [0.2, 0.25) is 0 Å². The fourth-order valence-electron chi connectivity index (χ4n) is 3.81. The Morgan fingerprint density at radius 1 is 0.950 bits per heavy atom. The normalized spacial score (nSPS) is 31.2. The number of urea groups is 1. The van der Waals surface area contributed by atoms with Crippen molar-refractivity contribution in [2.75, 3.05) is 32.7 Å². The van der Waals surface area contributed by atoms with E-state index in [0.29, 0.717) is 19.0 Å². The Kier molecular flexibility index (Phi) is 3.83. The van der Waals surface area contributed by atoms with Gasteiger partial charge >= 0.3 is 12.0 Å². The van der Waals surface area contributed by atoms with Crippen LogP contribution in [-0.2, 0) is 4.79 Å². The average Bonchev–Trinajstić information content (AvgIpc) is 3.03. The van der Waals surface area contributed by atoms with Crippen molar-refractivity contribution in [3.8, 4) is 0 Å². The minimum atomic E-state index is -0.867. The number of fused-ring (bicyclic) bond motifs is 1. The van der Waals surface area contributed by atoms with Gasteiger partial charge in [-0.3, -0.25) is 4.90 Å². The summed E-state index contributed by atoms with van der Waals surface area (Å²) < 4.78 is 0. The van der Waals surface area contributed by atoms with Crippen molar-refractivity contribution < 1.29 is 14.7 Å². The molecule has 0 radical (unpaired) electrons. The summed E-state index contributed by atoms with van der Waals surface area (Å²) in [6.45, 7) is 4.32.